The molecule has 1 aromatic heterocycles. The normalized spacial score (nSPS) is 11.5. The molecule has 1 heterocycles. The Morgan fingerprint density at radius 3 is 2.41 bits per heavy atom. The molecule has 27 heavy (non-hydrogen) atoms. The van der Waals surface area contributed by atoms with Crippen LogP contribution in [0.5, 0.6) is 0 Å². The number of aromatic nitrogens is 2. The third-order valence-corrected chi connectivity index (χ3v) is 4.35. The summed E-state index contributed by atoms with van der Waals surface area (Å²) in [5, 5.41) is 0. The zero-order valence-electron chi connectivity index (χ0n) is 14.1. The van der Waals surface area contributed by atoms with Gasteiger partial charge in [-0.3, -0.25) is 14.2 Å². The highest BCUT2D eigenvalue weighted by atomic mass is 79.9. The molecule has 0 bridgehead atoms. The van der Waals surface area contributed by atoms with E-state index in [-0.39, 0.29) is 38.3 Å². The van der Waals surface area contributed by atoms with Crippen LogP contribution in [-0.4, -0.2) is 21.7 Å². The van der Waals surface area contributed by atoms with Gasteiger partial charge in [-0.05, 0) is 24.6 Å². The lowest BCUT2D eigenvalue weighted by Gasteiger charge is -2.15. The lowest BCUT2D eigenvalue weighted by atomic mass is 10.1. The number of carbonyl (C=O) groups is 1. The second-order valence-electron chi connectivity index (χ2n) is 5.42. The molecule has 0 saturated carbocycles. The van der Waals surface area contributed by atoms with Gasteiger partial charge < -0.3 is 4.74 Å². The van der Waals surface area contributed by atoms with Gasteiger partial charge in [-0.15, -0.1) is 0 Å². The first-order valence-electron chi connectivity index (χ1n) is 7.51. The Morgan fingerprint density at radius 2 is 1.85 bits per heavy atom. The first-order valence-corrected chi connectivity index (χ1v) is 8.30. The first kappa shape index (κ1) is 20.9. The number of hydrogen-bond donors (Lipinski definition) is 0. The molecule has 0 spiro atoms. The van der Waals surface area contributed by atoms with E-state index in [9.17, 15) is 31.9 Å². The molecule has 6 nitrogen and oxygen atoms in total. The molecule has 11 heteroatoms. The molecule has 0 radical (unpaired) electrons. The van der Waals surface area contributed by atoms with Gasteiger partial charge in [0.1, 0.15) is 11.5 Å². The summed E-state index contributed by atoms with van der Waals surface area (Å²) in [6, 6.07) is 2.15. The molecular weight excluding hydrogens is 440 g/mol. The van der Waals surface area contributed by atoms with Crippen LogP contribution in [0.15, 0.2) is 32.3 Å². The van der Waals surface area contributed by atoms with Crippen LogP contribution in [0.1, 0.15) is 18.2 Å². The number of hydrogen-bond acceptors (Lipinski definition) is 4. The van der Waals surface area contributed by atoms with Crippen molar-refractivity contribution in [3.63, 3.8) is 0 Å². The van der Waals surface area contributed by atoms with E-state index in [2.05, 4.69) is 15.9 Å². The van der Waals surface area contributed by atoms with Gasteiger partial charge in [0.2, 0.25) is 0 Å². The molecular formula is C16H13BrF4N2O4. The lowest BCUT2D eigenvalue weighted by molar-refractivity contribution is -0.144. The van der Waals surface area contributed by atoms with Crippen molar-refractivity contribution in [2.24, 2.45) is 7.05 Å². The van der Waals surface area contributed by atoms with Crippen LogP contribution in [-0.2, 0) is 29.2 Å². The maximum atomic E-state index is 14.4. The summed E-state index contributed by atoms with van der Waals surface area (Å²) >= 11 is 3.06. The van der Waals surface area contributed by atoms with Crippen molar-refractivity contribution in [1.82, 2.24) is 9.13 Å². The Balaban J connectivity index is 2.69. The van der Waals surface area contributed by atoms with Crippen LogP contribution in [0.4, 0.5) is 17.6 Å². The Kier molecular flexibility index (Phi) is 5.93. The average molecular weight is 453 g/mol. The Bertz CT molecular complexity index is 1010. The molecule has 146 valence electrons. The average Bonchev–Trinajstić information content (AvgIpc) is 2.54. The molecule has 2 rings (SSSR count). The lowest BCUT2D eigenvalue weighted by Crippen LogP contribution is -2.41. The monoisotopic (exact) mass is 452 g/mol. The van der Waals surface area contributed by atoms with Crippen LogP contribution < -0.4 is 11.2 Å². The summed E-state index contributed by atoms with van der Waals surface area (Å²) in [6.45, 7) is 1.71. The quantitative estimate of drug-likeness (QED) is 0.528. The summed E-state index contributed by atoms with van der Waals surface area (Å²) in [5.74, 6) is -1.67. The van der Waals surface area contributed by atoms with Crippen LogP contribution in [0.25, 0.3) is 5.69 Å². The number of carbonyl (C=O) groups excluding carboxylic acids is 1. The van der Waals surface area contributed by atoms with E-state index in [0.717, 1.165) is 19.2 Å². The maximum absolute atomic E-state index is 14.4. The zero-order valence-corrected chi connectivity index (χ0v) is 15.6. The Labute approximate surface area is 158 Å². The van der Waals surface area contributed by atoms with E-state index in [4.69, 9.17) is 4.74 Å². The van der Waals surface area contributed by atoms with Gasteiger partial charge in [-0.2, -0.15) is 13.2 Å². The van der Waals surface area contributed by atoms with Gasteiger partial charge in [0.15, 0.2) is 0 Å². The van der Waals surface area contributed by atoms with Crippen molar-refractivity contribution in [2.45, 2.75) is 19.5 Å². The second kappa shape index (κ2) is 7.67. The third-order valence-electron chi connectivity index (χ3n) is 3.61. The molecule has 0 N–H and O–H groups in total. The standard InChI is InChI=1S/C16H13BrF4N2O4/c1-3-27-14(25)5-8-4-11(10(18)6-9(8)17)23-13(24)7-12(16(19,20)21)22(2)15(23)26/h4,6-7H,3,5H2,1-2H3. The minimum atomic E-state index is -4.93. The number of nitrogens with zero attached hydrogens (tertiary/aromatic N) is 2. The third kappa shape index (κ3) is 4.29. The molecule has 0 aliphatic carbocycles. The van der Waals surface area contributed by atoms with Crippen molar-refractivity contribution in [1.29, 1.82) is 0 Å². The largest absolute Gasteiger partial charge is 0.466 e. The van der Waals surface area contributed by atoms with E-state index in [1.807, 2.05) is 0 Å². The van der Waals surface area contributed by atoms with Crippen molar-refractivity contribution >= 4 is 21.9 Å². The van der Waals surface area contributed by atoms with Gasteiger partial charge in [0, 0.05) is 17.6 Å². The number of rotatable bonds is 4. The summed E-state index contributed by atoms with van der Waals surface area (Å²) in [4.78, 5) is 36.0. The minimum absolute atomic E-state index is 0.114. The molecule has 0 amide bonds. The summed E-state index contributed by atoms with van der Waals surface area (Å²) in [5.41, 5.74) is -4.57. The van der Waals surface area contributed by atoms with E-state index in [1.54, 1.807) is 6.92 Å². The van der Waals surface area contributed by atoms with E-state index in [1.165, 1.54) is 0 Å². The minimum Gasteiger partial charge on any atom is -0.466 e. The molecule has 0 aliphatic rings. The van der Waals surface area contributed by atoms with E-state index < -0.39 is 40.6 Å². The molecule has 1 aromatic carbocycles. The fraction of sp³-hybridized carbons (Fsp3) is 0.312. The number of ether oxygens (including phenoxy) is 1. The van der Waals surface area contributed by atoms with Gasteiger partial charge in [0.25, 0.3) is 5.56 Å². The molecule has 0 aliphatic heterocycles. The molecule has 0 atom stereocenters. The fourth-order valence-electron chi connectivity index (χ4n) is 2.37. The van der Waals surface area contributed by atoms with Gasteiger partial charge in [0.05, 0.1) is 18.7 Å². The molecule has 0 fully saturated rings. The number of alkyl halides is 3. The second-order valence-corrected chi connectivity index (χ2v) is 6.27. The summed E-state index contributed by atoms with van der Waals surface area (Å²) < 4.78 is 58.5. The smallest absolute Gasteiger partial charge is 0.431 e. The van der Waals surface area contributed by atoms with Crippen molar-refractivity contribution < 1.29 is 27.1 Å². The van der Waals surface area contributed by atoms with Gasteiger partial charge in [-0.25, -0.2) is 13.8 Å². The predicted molar refractivity (Wildman–Crippen MR) is 90.3 cm³/mol. The predicted octanol–water partition coefficient (Wildman–Crippen LogP) is 2.56. The van der Waals surface area contributed by atoms with Crippen LogP contribution in [0.3, 0.4) is 0 Å². The first-order chi connectivity index (χ1) is 12.5. The fourth-order valence-corrected chi connectivity index (χ4v) is 2.83. The molecule has 0 saturated heterocycles. The van der Waals surface area contributed by atoms with Crippen molar-refractivity contribution in [2.75, 3.05) is 6.61 Å². The highest BCUT2D eigenvalue weighted by Crippen LogP contribution is 2.27. The number of halogens is 5. The SMILES string of the molecule is CCOC(=O)Cc1cc(-n2c(=O)cc(C(F)(F)F)n(C)c2=O)c(F)cc1Br. The van der Waals surface area contributed by atoms with E-state index in [0.29, 0.717) is 0 Å². The maximum Gasteiger partial charge on any atom is 0.431 e. The Hall–Kier alpha value is -2.43. The van der Waals surface area contributed by atoms with Crippen molar-refractivity contribution in [3.8, 4) is 5.69 Å². The number of esters is 1. The van der Waals surface area contributed by atoms with Crippen LogP contribution in [0, 0.1) is 5.82 Å². The Morgan fingerprint density at radius 1 is 1.22 bits per heavy atom. The molecule has 0 unspecified atom stereocenters. The van der Waals surface area contributed by atoms with E-state index >= 15 is 0 Å². The summed E-state index contributed by atoms with van der Waals surface area (Å²) in [7, 11) is 0.817. The van der Waals surface area contributed by atoms with Crippen LogP contribution >= 0.6 is 15.9 Å². The van der Waals surface area contributed by atoms with Crippen LogP contribution in [0.2, 0.25) is 0 Å². The topological polar surface area (TPSA) is 70.3 Å². The number of benzene rings is 1. The molecule has 2 aromatic rings. The van der Waals surface area contributed by atoms with Crippen molar-refractivity contribution in [3.05, 3.63) is 60.6 Å². The highest BCUT2D eigenvalue weighted by Gasteiger charge is 2.35. The van der Waals surface area contributed by atoms with Gasteiger partial charge >= 0.3 is 17.8 Å². The van der Waals surface area contributed by atoms with Gasteiger partial charge in [-0.1, -0.05) is 15.9 Å². The highest BCUT2D eigenvalue weighted by molar-refractivity contribution is 9.10. The summed E-state index contributed by atoms with van der Waals surface area (Å²) in [6.07, 6.45) is -5.23. The zero-order chi connectivity index (χ0) is 20.5.